The van der Waals surface area contributed by atoms with E-state index < -0.39 is 0 Å². The van der Waals surface area contributed by atoms with Gasteiger partial charge in [-0.15, -0.1) is 0 Å². The van der Waals surface area contributed by atoms with Crippen LogP contribution in [0.2, 0.25) is 0 Å². The van der Waals surface area contributed by atoms with Gasteiger partial charge < -0.3 is 9.73 Å². The Kier molecular flexibility index (Phi) is 3.48. The maximum Gasteiger partial charge on any atom is 0.255 e. The van der Waals surface area contributed by atoms with Crippen LogP contribution in [0.15, 0.2) is 52.9 Å². The van der Waals surface area contributed by atoms with Crippen LogP contribution in [0, 0.1) is 13.8 Å². The molecule has 0 aliphatic rings. The van der Waals surface area contributed by atoms with Crippen LogP contribution < -0.4 is 5.32 Å². The fraction of sp³-hybridized carbons (Fsp3) is 0.167. The van der Waals surface area contributed by atoms with Gasteiger partial charge in [-0.2, -0.15) is 0 Å². The normalized spacial score (nSPS) is 10.8. The van der Waals surface area contributed by atoms with Crippen molar-refractivity contribution in [1.82, 2.24) is 5.32 Å². The molecule has 0 saturated carbocycles. The standard InChI is InChI=1S/C18H17NO2/c1-12-9-17(13(2)21-12)18(20)19-11-14-7-8-15-5-3-4-6-16(15)10-14/h3-10H,11H2,1-2H3,(H,19,20). The fourth-order valence-electron chi connectivity index (χ4n) is 2.48. The number of benzene rings is 2. The van der Waals surface area contributed by atoms with Crippen LogP contribution in [0.3, 0.4) is 0 Å². The largest absolute Gasteiger partial charge is 0.466 e. The minimum Gasteiger partial charge on any atom is -0.466 e. The molecule has 0 unspecified atom stereocenters. The molecule has 0 aliphatic heterocycles. The lowest BCUT2D eigenvalue weighted by Gasteiger charge is -2.06. The first kappa shape index (κ1) is 13.4. The summed E-state index contributed by atoms with van der Waals surface area (Å²) in [4.78, 5) is 12.1. The fourth-order valence-corrected chi connectivity index (χ4v) is 2.48. The van der Waals surface area contributed by atoms with E-state index in [2.05, 4.69) is 29.6 Å². The molecule has 0 atom stereocenters. The molecule has 1 amide bonds. The van der Waals surface area contributed by atoms with Gasteiger partial charge in [0.2, 0.25) is 0 Å². The molecule has 3 nitrogen and oxygen atoms in total. The second-order valence-electron chi connectivity index (χ2n) is 5.19. The third-order valence-electron chi connectivity index (χ3n) is 3.55. The van der Waals surface area contributed by atoms with Crippen molar-refractivity contribution < 1.29 is 9.21 Å². The summed E-state index contributed by atoms with van der Waals surface area (Å²) in [6, 6.07) is 16.2. The lowest BCUT2D eigenvalue weighted by atomic mass is 10.1. The Hall–Kier alpha value is -2.55. The molecular weight excluding hydrogens is 262 g/mol. The van der Waals surface area contributed by atoms with Crippen LogP contribution in [0.1, 0.15) is 27.4 Å². The predicted octanol–water partition coefficient (Wildman–Crippen LogP) is 3.98. The SMILES string of the molecule is Cc1cc(C(=O)NCc2ccc3ccccc3c2)c(C)o1. The number of hydrogen-bond donors (Lipinski definition) is 1. The summed E-state index contributed by atoms with van der Waals surface area (Å²) in [5, 5.41) is 5.32. The molecule has 0 radical (unpaired) electrons. The highest BCUT2D eigenvalue weighted by Crippen LogP contribution is 2.16. The highest BCUT2D eigenvalue weighted by atomic mass is 16.3. The first-order chi connectivity index (χ1) is 10.1. The molecule has 3 aromatic rings. The maximum atomic E-state index is 12.1. The highest BCUT2D eigenvalue weighted by molar-refractivity contribution is 5.95. The maximum absolute atomic E-state index is 12.1. The number of fused-ring (bicyclic) bond motifs is 1. The van der Waals surface area contributed by atoms with Gasteiger partial charge in [-0.3, -0.25) is 4.79 Å². The number of hydrogen-bond acceptors (Lipinski definition) is 2. The number of rotatable bonds is 3. The van der Waals surface area contributed by atoms with Crippen molar-refractivity contribution in [3.05, 3.63) is 71.2 Å². The van der Waals surface area contributed by atoms with Crippen molar-refractivity contribution in [2.45, 2.75) is 20.4 Å². The average Bonchev–Trinajstić information content (AvgIpc) is 2.83. The quantitative estimate of drug-likeness (QED) is 0.788. The molecule has 106 valence electrons. The highest BCUT2D eigenvalue weighted by Gasteiger charge is 2.12. The number of amides is 1. The van der Waals surface area contributed by atoms with E-state index in [9.17, 15) is 4.79 Å². The Labute approximate surface area is 123 Å². The lowest BCUT2D eigenvalue weighted by molar-refractivity contribution is 0.0949. The smallest absolute Gasteiger partial charge is 0.255 e. The minimum atomic E-state index is -0.0995. The molecule has 1 N–H and O–H groups in total. The molecule has 0 bridgehead atoms. The van der Waals surface area contributed by atoms with E-state index in [-0.39, 0.29) is 5.91 Å². The van der Waals surface area contributed by atoms with Crippen LogP contribution in [0.5, 0.6) is 0 Å². The number of aryl methyl sites for hydroxylation is 2. The first-order valence-corrected chi connectivity index (χ1v) is 6.96. The Bertz CT molecular complexity index is 802. The Morgan fingerprint density at radius 2 is 1.81 bits per heavy atom. The zero-order valence-corrected chi connectivity index (χ0v) is 12.1. The molecular formula is C18H17NO2. The minimum absolute atomic E-state index is 0.0995. The van der Waals surface area contributed by atoms with E-state index in [1.54, 1.807) is 13.0 Å². The molecule has 21 heavy (non-hydrogen) atoms. The van der Waals surface area contributed by atoms with Crippen molar-refractivity contribution in [3.8, 4) is 0 Å². The van der Waals surface area contributed by atoms with Crippen LogP contribution in [0.4, 0.5) is 0 Å². The zero-order valence-electron chi connectivity index (χ0n) is 12.1. The van der Waals surface area contributed by atoms with Crippen molar-refractivity contribution in [3.63, 3.8) is 0 Å². The molecule has 0 aliphatic carbocycles. The molecule has 0 saturated heterocycles. The number of carbonyl (C=O) groups excluding carboxylic acids is 1. The topological polar surface area (TPSA) is 42.2 Å². The van der Waals surface area contributed by atoms with Gasteiger partial charge in [0.15, 0.2) is 0 Å². The third kappa shape index (κ3) is 2.82. The van der Waals surface area contributed by atoms with Gasteiger partial charge in [0.25, 0.3) is 5.91 Å². The Morgan fingerprint density at radius 3 is 2.52 bits per heavy atom. The molecule has 0 spiro atoms. The van der Waals surface area contributed by atoms with Crippen molar-refractivity contribution >= 4 is 16.7 Å². The Balaban J connectivity index is 1.74. The van der Waals surface area contributed by atoms with Gasteiger partial charge in [-0.05, 0) is 42.3 Å². The number of furan rings is 1. The molecule has 2 aromatic carbocycles. The van der Waals surface area contributed by atoms with E-state index in [1.807, 2.05) is 25.1 Å². The zero-order chi connectivity index (χ0) is 14.8. The van der Waals surface area contributed by atoms with Crippen LogP contribution in [0.25, 0.3) is 10.8 Å². The van der Waals surface area contributed by atoms with Gasteiger partial charge in [0.05, 0.1) is 5.56 Å². The van der Waals surface area contributed by atoms with E-state index in [1.165, 1.54) is 10.8 Å². The lowest BCUT2D eigenvalue weighted by Crippen LogP contribution is -2.22. The van der Waals surface area contributed by atoms with E-state index in [0.29, 0.717) is 17.9 Å². The molecule has 3 rings (SSSR count). The third-order valence-corrected chi connectivity index (χ3v) is 3.55. The van der Waals surface area contributed by atoms with Crippen LogP contribution >= 0.6 is 0 Å². The van der Waals surface area contributed by atoms with Crippen molar-refractivity contribution in [1.29, 1.82) is 0 Å². The van der Waals surface area contributed by atoms with Crippen molar-refractivity contribution in [2.75, 3.05) is 0 Å². The molecule has 1 aromatic heterocycles. The molecule has 1 heterocycles. The summed E-state index contributed by atoms with van der Waals surface area (Å²) >= 11 is 0. The number of carbonyl (C=O) groups is 1. The van der Waals surface area contributed by atoms with E-state index >= 15 is 0 Å². The second-order valence-corrected chi connectivity index (χ2v) is 5.19. The van der Waals surface area contributed by atoms with Gasteiger partial charge in [0, 0.05) is 6.54 Å². The summed E-state index contributed by atoms with van der Waals surface area (Å²) in [5.41, 5.74) is 1.69. The Morgan fingerprint density at radius 1 is 1.05 bits per heavy atom. The molecule has 3 heteroatoms. The summed E-state index contributed by atoms with van der Waals surface area (Å²) in [6.45, 7) is 4.15. The number of nitrogens with one attached hydrogen (secondary N) is 1. The van der Waals surface area contributed by atoms with Gasteiger partial charge >= 0.3 is 0 Å². The monoisotopic (exact) mass is 279 g/mol. The molecule has 0 fully saturated rings. The van der Waals surface area contributed by atoms with Gasteiger partial charge in [-0.1, -0.05) is 36.4 Å². The predicted molar refractivity (Wildman–Crippen MR) is 83.3 cm³/mol. The summed E-state index contributed by atoms with van der Waals surface area (Å²) in [6.07, 6.45) is 0. The van der Waals surface area contributed by atoms with Gasteiger partial charge in [-0.25, -0.2) is 0 Å². The van der Waals surface area contributed by atoms with Gasteiger partial charge in [0.1, 0.15) is 11.5 Å². The average molecular weight is 279 g/mol. The van der Waals surface area contributed by atoms with Crippen LogP contribution in [-0.4, -0.2) is 5.91 Å². The summed E-state index contributed by atoms with van der Waals surface area (Å²) in [7, 11) is 0. The van der Waals surface area contributed by atoms with Crippen molar-refractivity contribution in [2.24, 2.45) is 0 Å². The first-order valence-electron chi connectivity index (χ1n) is 6.96. The van der Waals surface area contributed by atoms with E-state index in [0.717, 1.165) is 11.3 Å². The summed E-state index contributed by atoms with van der Waals surface area (Å²) in [5.74, 6) is 1.31. The van der Waals surface area contributed by atoms with Crippen LogP contribution in [-0.2, 0) is 6.54 Å². The second kappa shape index (κ2) is 5.44. The summed E-state index contributed by atoms with van der Waals surface area (Å²) < 4.78 is 5.38. The van der Waals surface area contributed by atoms with E-state index in [4.69, 9.17) is 4.42 Å².